The Hall–Kier alpha value is -1.09. The van der Waals surface area contributed by atoms with Crippen LogP contribution in [-0.2, 0) is 0 Å². The predicted molar refractivity (Wildman–Crippen MR) is 53.3 cm³/mol. The minimum Gasteiger partial charge on any atom is -0.375 e. The van der Waals surface area contributed by atoms with E-state index in [2.05, 4.69) is 0 Å². The van der Waals surface area contributed by atoms with E-state index in [0.29, 0.717) is 5.69 Å². The van der Waals surface area contributed by atoms with Crippen molar-refractivity contribution in [3.05, 3.63) is 29.6 Å². The second-order valence-corrected chi connectivity index (χ2v) is 3.36. The second-order valence-electron chi connectivity index (χ2n) is 3.36. The molecule has 13 heavy (non-hydrogen) atoms. The molecule has 0 aliphatic rings. The minimum absolute atomic E-state index is 0.145. The van der Waals surface area contributed by atoms with Crippen molar-refractivity contribution >= 4 is 5.69 Å². The molecule has 1 rings (SSSR count). The van der Waals surface area contributed by atoms with Gasteiger partial charge in [0.05, 0.1) is 5.69 Å². The third-order valence-electron chi connectivity index (χ3n) is 1.96. The Morgan fingerprint density at radius 2 is 2.00 bits per heavy atom. The van der Waals surface area contributed by atoms with Crippen LogP contribution in [0.3, 0.4) is 0 Å². The molecule has 1 aromatic carbocycles. The van der Waals surface area contributed by atoms with Crippen LogP contribution in [0.15, 0.2) is 18.2 Å². The fourth-order valence-corrected chi connectivity index (χ4v) is 1.37. The van der Waals surface area contributed by atoms with E-state index in [1.54, 1.807) is 11.0 Å². The number of nitrogens with two attached hydrogens (primary N) is 1. The number of hydrogen-bond donors (Lipinski definition) is 1. The molecule has 0 aliphatic heterocycles. The van der Waals surface area contributed by atoms with E-state index >= 15 is 0 Å². The summed E-state index contributed by atoms with van der Waals surface area (Å²) < 4.78 is 13.4. The number of hydrogen-bond acceptors (Lipinski definition) is 2. The first-order chi connectivity index (χ1) is 6.04. The number of halogens is 1. The highest BCUT2D eigenvalue weighted by Crippen LogP contribution is 2.26. The van der Waals surface area contributed by atoms with Gasteiger partial charge in [0.1, 0.15) is 5.82 Å². The topological polar surface area (TPSA) is 29.3 Å². The summed E-state index contributed by atoms with van der Waals surface area (Å²) in [5, 5.41) is 0. The maximum Gasteiger partial charge on any atom is 0.146 e. The molecule has 0 amide bonds. The van der Waals surface area contributed by atoms with Gasteiger partial charge in [0.2, 0.25) is 0 Å². The van der Waals surface area contributed by atoms with Crippen molar-refractivity contribution in [1.82, 2.24) is 0 Å². The highest BCUT2D eigenvalue weighted by atomic mass is 19.1. The normalized spacial score (nSPS) is 12.7. The molecule has 0 saturated carbocycles. The zero-order valence-electron chi connectivity index (χ0n) is 8.21. The molecule has 0 radical (unpaired) electrons. The van der Waals surface area contributed by atoms with E-state index in [1.165, 1.54) is 6.07 Å². The van der Waals surface area contributed by atoms with Gasteiger partial charge in [0.25, 0.3) is 0 Å². The lowest BCUT2D eigenvalue weighted by Gasteiger charge is -2.20. The number of benzene rings is 1. The molecule has 0 fully saturated rings. The van der Waals surface area contributed by atoms with Gasteiger partial charge >= 0.3 is 0 Å². The molecule has 2 nitrogen and oxygen atoms in total. The summed E-state index contributed by atoms with van der Waals surface area (Å²) in [5.41, 5.74) is 7.15. The molecule has 0 aromatic heterocycles. The SMILES string of the molecule is C[C@@H](N)c1cccc(F)c1N(C)C. The van der Waals surface area contributed by atoms with Crippen molar-refractivity contribution in [2.24, 2.45) is 5.73 Å². The Bertz CT molecular complexity index is 295. The molecular weight excluding hydrogens is 167 g/mol. The van der Waals surface area contributed by atoms with Gasteiger partial charge in [-0.1, -0.05) is 12.1 Å². The van der Waals surface area contributed by atoms with Crippen LogP contribution in [0.1, 0.15) is 18.5 Å². The fourth-order valence-electron chi connectivity index (χ4n) is 1.37. The van der Waals surface area contributed by atoms with Crippen LogP contribution < -0.4 is 10.6 Å². The third-order valence-corrected chi connectivity index (χ3v) is 1.96. The number of para-hydroxylation sites is 1. The largest absolute Gasteiger partial charge is 0.375 e. The summed E-state index contributed by atoms with van der Waals surface area (Å²) in [6.07, 6.45) is 0. The van der Waals surface area contributed by atoms with E-state index in [1.807, 2.05) is 27.1 Å². The zero-order valence-corrected chi connectivity index (χ0v) is 8.21. The molecule has 3 heteroatoms. The minimum atomic E-state index is -0.222. The Morgan fingerprint density at radius 1 is 1.38 bits per heavy atom. The lowest BCUT2D eigenvalue weighted by molar-refractivity contribution is 0.620. The third kappa shape index (κ3) is 1.98. The molecule has 1 atom stereocenters. The molecule has 1 aromatic rings. The lowest BCUT2D eigenvalue weighted by Crippen LogP contribution is -2.17. The van der Waals surface area contributed by atoms with Gasteiger partial charge in [-0.2, -0.15) is 0 Å². The Balaban J connectivity index is 3.26. The number of anilines is 1. The van der Waals surface area contributed by atoms with E-state index in [0.717, 1.165) is 5.56 Å². The zero-order chi connectivity index (χ0) is 10.0. The van der Waals surface area contributed by atoms with Gasteiger partial charge in [-0.05, 0) is 18.6 Å². The summed E-state index contributed by atoms with van der Waals surface area (Å²) in [6.45, 7) is 1.85. The number of rotatable bonds is 2. The Kier molecular flexibility index (Phi) is 2.88. The average Bonchev–Trinajstić information content (AvgIpc) is 2.02. The molecular formula is C10H15FN2. The van der Waals surface area contributed by atoms with Gasteiger partial charge in [-0.15, -0.1) is 0 Å². The molecule has 0 unspecified atom stereocenters. The molecule has 0 aliphatic carbocycles. The standard InChI is InChI=1S/C10H15FN2/c1-7(12)8-5-4-6-9(11)10(8)13(2)3/h4-7H,12H2,1-3H3/t7-/m1/s1. The summed E-state index contributed by atoms with van der Waals surface area (Å²) >= 11 is 0. The molecule has 72 valence electrons. The first kappa shape index (κ1) is 9.99. The van der Waals surface area contributed by atoms with Crippen LogP contribution in [0.25, 0.3) is 0 Å². The van der Waals surface area contributed by atoms with E-state index < -0.39 is 0 Å². The van der Waals surface area contributed by atoms with Gasteiger partial charge in [-0.3, -0.25) is 0 Å². The van der Waals surface area contributed by atoms with Crippen LogP contribution in [0.4, 0.5) is 10.1 Å². The van der Waals surface area contributed by atoms with Crippen molar-refractivity contribution in [3.8, 4) is 0 Å². The summed E-state index contributed by atoms with van der Waals surface area (Å²) in [6, 6.07) is 4.83. The Morgan fingerprint density at radius 3 is 2.38 bits per heavy atom. The van der Waals surface area contributed by atoms with E-state index in [4.69, 9.17) is 5.73 Å². The van der Waals surface area contributed by atoms with Gasteiger partial charge in [-0.25, -0.2) is 4.39 Å². The lowest BCUT2D eigenvalue weighted by atomic mass is 10.1. The van der Waals surface area contributed by atoms with Crippen LogP contribution in [0, 0.1) is 5.82 Å². The summed E-state index contributed by atoms with van der Waals surface area (Å²) in [7, 11) is 3.62. The number of nitrogens with zero attached hydrogens (tertiary/aromatic N) is 1. The van der Waals surface area contributed by atoms with Gasteiger partial charge in [0.15, 0.2) is 0 Å². The predicted octanol–water partition coefficient (Wildman–Crippen LogP) is 1.91. The smallest absolute Gasteiger partial charge is 0.146 e. The maximum absolute atomic E-state index is 13.4. The van der Waals surface area contributed by atoms with Crippen LogP contribution >= 0.6 is 0 Å². The van der Waals surface area contributed by atoms with Crippen molar-refractivity contribution in [3.63, 3.8) is 0 Å². The highest BCUT2D eigenvalue weighted by molar-refractivity contribution is 5.54. The quantitative estimate of drug-likeness (QED) is 0.757. The maximum atomic E-state index is 13.4. The van der Waals surface area contributed by atoms with Crippen molar-refractivity contribution in [2.45, 2.75) is 13.0 Å². The average molecular weight is 182 g/mol. The molecule has 0 bridgehead atoms. The van der Waals surface area contributed by atoms with E-state index in [-0.39, 0.29) is 11.9 Å². The van der Waals surface area contributed by atoms with E-state index in [9.17, 15) is 4.39 Å². The van der Waals surface area contributed by atoms with Gasteiger partial charge < -0.3 is 10.6 Å². The molecule has 0 saturated heterocycles. The summed E-state index contributed by atoms with van der Waals surface area (Å²) in [4.78, 5) is 1.74. The molecule has 0 heterocycles. The fraction of sp³-hybridized carbons (Fsp3) is 0.400. The van der Waals surface area contributed by atoms with Crippen LogP contribution in [-0.4, -0.2) is 14.1 Å². The van der Waals surface area contributed by atoms with Crippen molar-refractivity contribution in [1.29, 1.82) is 0 Å². The van der Waals surface area contributed by atoms with Crippen molar-refractivity contribution in [2.75, 3.05) is 19.0 Å². The monoisotopic (exact) mass is 182 g/mol. The second kappa shape index (κ2) is 3.75. The highest BCUT2D eigenvalue weighted by Gasteiger charge is 2.12. The Labute approximate surface area is 78.2 Å². The first-order valence-electron chi connectivity index (χ1n) is 4.25. The van der Waals surface area contributed by atoms with Crippen LogP contribution in [0.5, 0.6) is 0 Å². The molecule has 2 N–H and O–H groups in total. The van der Waals surface area contributed by atoms with Crippen molar-refractivity contribution < 1.29 is 4.39 Å². The summed E-state index contributed by atoms with van der Waals surface area (Å²) in [5.74, 6) is -0.222. The van der Waals surface area contributed by atoms with Crippen LogP contribution in [0.2, 0.25) is 0 Å². The molecule has 0 spiro atoms. The first-order valence-corrected chi connectivity index (χ1v) is 4.25. The van der Waals surface area contributed by atoms with Gasteiger partial charge in [0, 0.05) is 20.1 Å².